The molecule has 2 aromatic carbocycles. The Morgan fingerprint density at radius 1 is 1.36 bits per heavy atom. The molecule has 0 spiro atoms. The van der Waals surface area contributed by atoms with Gasteiger partial charge in [-0.1, -0.05) is 18.2 Å². The van der Waals surface area contributed by atoms with Crippen LogP contribution in [0.4, 0.5) is 15.8 Å². The van der Waals surface area contributed by atoms with Crippen LogP contribution in [-0.4, -0.2) is 18.1 Å². The number of nitrogens with one attached hydrogen (secondary N) is 1. The van der Waals surface area contributed by atoms with Crippen molar-refractivity contribution in [2.24, 2.45) is 0 Å². The molecule has 0 saturated carbocycles. The van der Waals surface area contributed by atoms with Crippen molar-refractivity contribution in [2.45, 2.75) is 6.92 Å². The minimum Gasteiger partial charge on any atom is -0.465 e. The Hall–Kier alpha value is -2.47. The van der Waals surface area contributed by atoms with E-state index < -0.39 is 11.8 Å². The van der Waals surface area contributed by atoms with E-state index in [1.54, 1.807) is 11.6 Å². The van der Waals surface area contributed by atoms with Crippen molar-refractivity contribution in [3.8, 4) is 0 Å². The standard InChI is InChI=1S/C16H13FN2O2S/c1-9-5-3-4-6-11(9)19-14-10(16(20)21-2)7-12-15(13(14)17)22-8-18-12/h3-8,19H,1-2H3. The molecule has 0 bridgehead atoms. The van der Waals surface area contributed by atoms with Crippen molar-refractivity contribution in [1.82, 2.24) is 4.98 Å². The fourth-order valence-corrected chi connectivity index (χ4v) is 2.91. The number of aromatic nitrogens is 1. The summed E-state index contributed by atoms with van der Waals surface area (Å²) >= 11 is 1.19. The number of methoxy groups -OCH3 is 1. The van der Waals surface area contributed by atoms with Crippen molar-refractivity contribution in [3.63, 3.8) is 0 Å². The number of benzene rings is 2. The summed E-state index contributed by atoms with van der Waals surface area (Å²) < 4.78 is 19.9. The van der Waals surface area contributed by atoms with Crippen LogP contribution in [0.25, 0.3) is 10.2 Å². The fraction of sp³-hybridized carbons (Fsp3) is 0.125. The second-order valence-electron chi connectivity index (χ2n) is 4.75. The van der Waals surface area contributed by atoms with Crippen LogP contribution in [0.2, 0.25) is 0 Å². The first-order valence-electron chi connectivity index (χ1n) is 6.58. The average molecular weight is 316 g/mol. The quantitative estimate of drug-likeness (QED) is 0.733. The molecule has 0 saturated heterocycles. The number of fused-ring (bicyclic) bond motifs is 1. The fourth-order valence-electron chi connectivity index (χ4n) is 2.20. The summed E-state index contributed by atoms with van der Waals surface area (Å²) in [6.45, 7) is 1.91. The first-order valence-corrected chi connectivity index (χ1v) is 7.46. The van der Waals surface area contributed by atoms with E-state index in [-0.39, 0.29) is 11.3 Å². The molecule has 0 aliphatic carbocycles. The highest BCUT2D eigenvalue weighted by Gasteiger charge is 2.21. The van der Waals surface area contributed by atoms with Crippen molar-refractivity contribution < 1.29 is 13.9 Å². The Balaban J connectivity index is 2.19. The molecule has 0 atom stereocenters. The van der Waals surface area contributed by atoms with E-state index in [9.17, 15) is 9.18 Å². The second kappa shape index (κ2) is 5.73. The Labute approximate surface area is 130 Å². The van der Waals surface area contributed by atoms with E-state index in [2.05, 4.69) is 10.3 Å². The summed E-state index contributed by atoms with van der Waals surface area (Å²) in [5, 5.41) is 3.01. The predicted molar refractivity (Wildman–Crippen MR) is 85.4 cm³/mol. The molecule has 22 heavy (non-hydrogen) atoms. The van der Waals surface area contributed by atoms with E-state index in [4.69, 9.17) is 4.74 Å². The summed E-state index contributed by atoms with van der Waals surface area (Å²) in [6, 6.07) is 9.01. The maximum atomic E-state index is 14.8. The van der Waals surface area contributed by atoms with Crippen LogP contribution in [0.1, 0.15) is 15.9 Å². The monoisotopic (exact) mass is 316 g/mol. The Bertz CT molecular complexity index is 860. The number of para-hydroxylation sites is 1. The van der Waals surface area contributed by atoms with Gasteiger partial charge in [-0.3, -0.25) is 0 Å². The molecule has 3 rings (SSSR count). The van der Waals surface area contributed by atoms with Crippen LogP contribution >= 0.6 is 11.3 Å². The van der Waals surface area contributed by atoms with Gasteiger partial charge in [0.2, 0.25) is 0 Å². The van der Waals surface area contributed by atoms with Gasteiger partial charge in [0.05, 0.1) is 34.1 Å². The molecule has 0 aliphatic heterocycles. The number of halogens is 1. The summed E-state index contributed by atoms with van der Waals surface area (Å²) in [4.78, 5) is 16.0. The van der Waals surface area contributed by atoms with Gasteiger partial charge in [0, 0.05) is 5.69 Å². The Morgan fingerprint density at radius 2 is 2.14 bits per heavy atom. The lowest BCUT2D eigenvalue weighted by molar-refractivity contribution is 0.0601. The van der Waals surface area contributed by atoms with Gasteiger partial charge in [0.1, 0.15) is 0 Å². The Kier molecular flexibility index (Phi) is 3.77. The number of ether oxygens (including phenoxy) is 1. The van der Waals surface area contributed by atoms with Crippen molar-refractivity contribution >= 4 is 38.9 Å². The van der Waals surface area contributed by atoms with E-state index in [1.807, 2.05) is 31.2 Å². The molecule has 3 aromatic rings. The normalized spacial score (nSPS) is 10.7. The van der Waals surface area contributed by atoms with Crippen LogP contribution < -0.4 is 5.32 Å². The van der Waals surface area contributed by atoms with Gasteiger partial charge < -0.3 is 10.1 Å². The molecule has 0 radical (unpaired) electrons. The number of carbonyl (C=O) groups is 1. The largest absolute Gasteiger partial charge is 0.465 e. The molecule has 0 fully saturated rings. The maximum Gasteiger partial charge on any atom is 0.340 e. The zero-order valence-corrected chi connectivity index (χ0v) is 12.8. The van der Waals surface area contributed by atoms with Crippen molar-refractivity contribution in [1.29, 1.82) is 0 Å². The molecule has 0 aliphatic rings. The van der Waals surface area contributed by atoms with E-state index in [0.29, 0.717) is 10.2 Å². The highest BCUT2D eigenvalue weighted by atomic mass is 32.1. The van der Waals surface area contributed by atoms with E-state index in [1.165, 1.54) is 18.4 Å². The number of rotatable bonds is 3. The number of nitrogens with zero attached hydrogens (tertiary/aromatic N) is 1. The first-order chi connectivity index (χ1) is 10.6. The zero-order chi connectivity index (χ0) is 15.7. The van der Waals surface area contributed by atoms with Gasteiger partial charge in [-0.15, -0.1) is 11.3 Å². The molecule has 0 unspecified atom stereocenters. The SMILES string of the molecule is COC(=O)c1cc2ncsc2c(F)c1Nc1ccccc1C. The molecule has 1 N–H and O–H groups in total. The van der Waals surface area contributed by atoms with Crippen molar-refractivity contribution in [2.75, 3.05) is 12.4 Å². The molecular weight excluding hydrogens is 303 g/mol. The van der Waals surface area contributed by atoms with Crippen LogP contribution in [-0.2, 0) is 4.74 Å². The van der Waals surface area contributed by atoms with Crippen LogP contribution in [0.5, 0.6) is 0 Å². The lowest BCUT2D eigenvalue weighted by Gasteiger charge is -2.14. The molecule has 112 valence electrons. The van der Waals surface area contributed by atoms with Gasteiger partial charge in [-0.25, -0.2) is 14.2 Å². The molecule has 4 nitrogen and oxygen atoms in total. The Morgan fingerprint density at radius 3 is 2.86 bits per heavy atom. The van der Waals surface area contributed by atoms with E-state index >= 15 is 0 Å². The minimum atomic E-state index is -0.607. The molecular formula is C16H13FN2O2S. The van der Waals surface area contributed by atoms with Gasteiger partial charge in [-0.05, 0) is 24.6 Å². The lowest BCUT2D eigenvalue weighted by Crippen LogP contribution is -2.08. The third-order valence-electron chi connectivity index (χ3n) is 3.37. The number of carbonyl (C=O) groups excluding carboxylic acids is 1. The zero-order valence-electron chi connectivity index (χ0n) is 12.0. The number of hydrogen-bond donors (Lipinski definition) is 1. The third kappa shape index (κ3) is 2.42. The van der Waals surface area contributed by atoms with E-state index in [0.717, 1.165) is 11.3 Å². The number of thiazole rings is 1. The van der Waals surface area contributed by atoms with Crippen LogP contribution in [0.3, 0.4) is 0 Å². The molecule has 1 aromatic heterocycles. The number of aryl methyl sites for hydroxylation is 1. The van der Waals surface area contributed by atoms with Gasteiger partial charge >= 0.3 is 5.97 Å². The second-order valence-corrected chi connectivity index (χ2v) is 5.60. The first kappa shape index (κ1) is 14.5. The number of esters is 1. The predicted octanol–water partition coefficient (Wildman–Crippen LogP) is 4.27. The summed E-state index contributed by atoms with van der Waals surface area (Å²) in [6.07, 6.45) is 0. The van der Waals surface area contributed by atoms with Crippen LogP contribution in [0.15, 0.2) is 35.8 Å². The van der Waals surface area contributed by atoms with Gasteiger partial charge in [-0.2, -0.15) is 0 Å². The van der Waals surface area contributed by atoms with Crippen LogP contribution in [0, 0.1) is 12.7 Å². The molecule has 6 heteroatoms. The summed E-state index contributed by atoms with van der Waals surface area (Å²) in [5.41, 5.74) is 3.90. The molecule has 0 amide bonds. The highest BCUT2D eigenvalue weighted by molar-refractivity contribution is 7.16. The van der Waals surface area contributed by atoms with Gasteiger partial charge in [0.25, 0.3) is 0 Å². The van der Waals surface area contributed by atoms with Crippen molar-refractivity contribution in [3.05, 3.63) is 52.8 Å². The molecule has 1 heterocycles. The highest BCUT2D eigenvalue weighted by Crippen LogP contribution is 2.33. The average Bonchev–Trinajstić information content (AvgIpc) is 2.99. The number of anilines is 2. The smallest absolute Gasteiger partial charge is 0.340 e. The topological polar surface area (TPSA) is 51.2 Å². The summed E-state index contributed by atoms with van der Waals surface area (Å²) in [5.74, 6) is -1.10. The van der Waals surface area contributed by atoms with Gasteiger partial charge in [0.15, 0.2) is 5.82 Å². The summed E-state index contributed by atoms with van der Waals surface area (Å²) in [7, 11) is 1.27. The maximum absolute atomic E-state index is 14.8. The lowest BCUT2D eigenvalue weighted by atomic mass is 10.1. The minimum absolute atomic E-state index is 0.109. The number of hydrogen-bond acceptors (Lipinski definition) is 5. The third-order valence-corrected chi connectivity index (χ3v) is 4.21.